The van der Waals surface area contributed by atoms with Crippen molar-refractivity contribution in [2.45, 2.75) is 26.3 Å². The maximum atomic E-state index is 12.3. The Morgan fingerprint density at radius 2 is 1.82 bits per heavy atom. The van der Waals surface area contributed by atoms with Gasteiger partial charge in [0, 0.05) is 18.7 Å². The highest BCUT2D eigenvalue weighted by Crippen LogP contribution is 2.28. The number of carbonyl (C=O) groups is 3. The molecule has 1 N–H and O–H groups in total. The van der Waals surface area contributed by atoms with Gasteiger partial charge in [0.05, 0.1) is 12.0 Å². The summed E-state index contributed by atoms with van der Waals surface area (Å²) in [5.41, 5.74) is 2.75. The minimum atomic E-state index is -0.550. The number of hydrogen-bond donors (Lipinski definition) is 1. The van der Waals surface area contributed by atoms with Crippen LogP contribution in [-0.4, -0.2) is 35.8 Å². The van der Waals surface area contributed by atoms with E-state index in [1.54, 1.807) is 17.0 Å². The molecule has 0 spiro atoms. The molecule has 0 aliphatic carbocycles. The summed E-state index contributed by atoms with van der Waals surface area (Å²) >= 11 is 0. The highest BCUT2D eigenvalue weighted by Gasteiger charge is 2.38. The number of hydrogen-bond acceptors (Lipinski definition) is 4. The summed E-state index contributed by atoms with van der Waals surface area (Å²) in [5, 5.41) is 2.68. The molecule has 0 unspecified atom stereocenters. The monoisotopic (exact) mass is 380 g/mol. The lowest BCUT2D eigenvalue weighted by atomic mass is 10.1. The van der Waals surface area contributed by atoms with Crippen molar-refractivity contribution in [2.75, 3.05) is 18.5 Å². The molecule has 0 radical (unpaired) electrons. The lowest BCUT2D eigenvalue weighted by Crippen LogP contribution is -2.30. The first-order valence-electron chi connectivity index (χ1n) is 9.31. The Morgan fingerprint density at radius 3 is 2.50 bits per heavy atom. The average Bonchev–Trinajstić information content (AvgIpc) is 3.10. The fraction of sp³-hybridized carbons (Fsp3) is 0.318. The maximum Gasteiger partial charge on any atom is 0.311 e. The lowest BCUT2D eigenvalue weighted by molar-refractivity contribution is -0.151. The molecule has 1 fully saturated rings. The first-order valence-corrected chi connectivity index (χ1v) is 9.31. The van der Waals surface area contributed by atoms with E-state index in [1.165, 1.54) is 0 Å². The predicted octanol–water partition coefficient (Wildman–Crippen LogP) is 3.09. The number of amides is 2. The molecule has 0 saturated carbocycles. The summed E-state index contributed by atoms with van der Waals surface area (Å²) in [6.07, 6.45) is 0.107. The van der Waals surface area contributed by atoms with E-state index in [-0.39, 0.29) is 25.0 Å². The van der Waals surface area contributed by atoms with Crippen LogP contribution in [0.15, 0.2) is 54.6 Å². The second kappa shape index (κ2) is 8.69. The lowest BCUT2D eigenvalue weighted by Gasteiger charge is -2.25. The standard InChI is InChI=1S/C22H24N2O4/c1-15-8-10-19(11-9-15)23-20(25)14-28-22(27)18-12-21(26)24(13-18)16(2)17-6-4-3-5-7-17/h3-11,16,18H,12-14H2,1-2H3,(H,23,25)/t16-,18+/m1/s1. The Bertz CT molecular complexity index is 849. The molecule has 28 heavy (non-hydrogen) atoms. The second-order valence-electron chi connectivity index (χ2n) is 7.06. The molecule has 3 rings (SSSR count). The fourth-order valence-electron chi connectivity index (χ4n) is 3.26. The minimum Gasteiger partial charge on any atom is -0.455 e. The van der Waals surface area contributed by atoms with Crippen LogP contribution in [0.25, 0.3) is 0 Å². The van der Waals surface area contributed by atoms with Gasteiger partial charge in [0.1, 0.15) is 0 Å². The number of aryl methyl sites for hydroxylation is 1. The van der Waals surface area contributed by atoms with Gasteiger partial charge in [-0.05, 0) is 31.5 Å². The number of ether oxygens (including phenoxy) is 1. The zero-order chi connectivity index (χ0) is 20.1. The van der Waals surface area contributed by atoms with E-state index < -0.39 is 17.8 Å². The third kappa shape index (κ3) is 4.76. The zero-order valence-electron chi connectivity index (χ0n) is 16.1. The second-order valence-corrected chi connectivity index (χ2v) is 7.06. The van der Waals surface area contributed by atoms with Crippen molar-refractivity contribution in [1.82, 2.24) is 4.90 Å². The van der Waals surface area contributed by atoms with E-state index in [0.29, 0.717) is 12.2 Å². The summed E-state index contributed by atoms with van der Waals surface area (Å²) in [6, 6.07) is 16.9. The van der Waals surface area contributed by atoms with E-state index in [0.717, 1.165) is 11.1 Å². The van der Waals surface area contributed by atoms with E-state index >= 15 is 0 Å². The molecule has 2 aromatic carbocycles. The van der Waals surface area contributed by atoms with Crippen molar-refractivity contribution in [2.24, 2.45) is 5.92 Å². The smallest absolute Gasteiger partial charge is 0.311 e. The van der Waals surface area contributed by atoms with Crippen LogP contribution in [0.2, 0.25) is 0 Å². The largest absolute Gasteiger partial charge is 0.455 e. The Kier molecular flexibility index (Phi) is 6.09. The molecule has 2 aromatic rings. The Balaban J connectivity index is 1.50. The van der Waals surface area contributed by atoms with Gasteiger partial charge in [-0.3, -0.25) is 14.4 Å². The van der Waals surface area contributed by atoms with Crippen LogP contribution in [-0.2, 0) is 19.1 Å². The number of nitrogens with one attached hydrogen (secondary N) is 1. The van der Waals surface area contributed by atoms with Crippen LogP contribution in [0.5, 0.6) is 0 Å². The summed E-state index contributed by atoms with van der Waals surface area (Å²) in [5.74, 6) is -1.56. The van der Waals surface area contributed by atoms with Gasteiger partial charge in [0.2, 0.25) is 5.91 Å². The van der Waals surface area contributed by atoms with Crippen LogP contribution in [0, 0.1) is 12.8 Å². The summed E-state index contributed by atoms with van der Waals surface area (Å²) < 4.78 is 5.14. The summed E-state index contributed by atoms with van der Waals surface area (Å²) in [7, 11) is 0. The van der Waals surface area contributed by atoms with Gasteiger partial charge in [0.25, 0.3) is 5.91 Å². The van der Waals surface area contributed by atoms with Crippen LogP contribution < -0.4 is 5.32 Å². The Hall–Kier alpha value is -3.15. The van der Waals surface area contributed by atoms with Crippen molar-refractivity contribution >= 4 is 23.5 Å². The molecular formula is C22H24N2O4. The van der Waals surface area contributed by atoms with Crippen molar-refractivity contribution in [3.05, 3.63) is 65.7 Å². The first kappa shape index (κ1) is 19.6. The fourth-order valence-corrected chi connectivity index (χ4v) is 3.26. The molecule has 1 saturated heterocycles. The molecule has 0 aromatic heterocycles. The van der Waals surface area contributed by atoms with Gasteiger partial charge in [-0.25, -0.2) is 0 Å². The topological polar surface area (TPSA) is 75.7 Å². The van der Waals surface area contributed by atoms with Crippen molar-refractivity contribution in [3.8, 4) is 0 Å². The van der Waals surface area contributed by atoms with Crippen molar-refractivity contribution in [3.63, 3.8) is 0 Å². The third-order valence-electron chi connectivity index (χ3n) is 4.92. The van der Waals surface area contributed by atoms with Crippen LogP contribution >= 0.6 is 0 Å². The number of rotatable bonds is 6. The predicted molar refractivity (Wildman–Crippen MR) is 105 cm³/mol. The summed E-state index contributed by atoms with van der Waals surface area (Å²) in [4.78, 5) is 38.3. The number of anilines is 1. The van der Waals surface area contributed by atoms with E-state index in [1.807, 2.05) is 56.3 Å². The number of likely N-dealkylation sites (tertiary alicyclic amines) is 1. The molecule has 6 nitrogen and oxygen atoms in total. The van der Waals surface area contributed by atoms with Crippen LogP contribution in [0.1, 0.15) is 30.5 Å². The van der Waals surface area contributed by atoms with Crippen molar-refractivity contribution in [1.29, 1.82) is 0 Å². The molecular weight excluding hydrogens is 356 g/mol. The number of benzene rings is 2. The quantitative estimate of drug-likeness (QED) is 0.782. The molecule has 2 amide bonds. The van der Waals surface area contributed by atoms with Gasteiger partial charge in [0.15, 0.2) is 6.61 Å². The van der Waals surface area contributed by atoms with Gasteiger partial charge in [-0.15, -0.1) is 0 Å². The minimum absolute atomic E-state index is 0.0811. The first-order chi connectivity index (χ1) is 13.4. The molecule has 6 heteroatoms. The maximum absolute atomic E-state index is 12.3. The average molecular weight is 380 g/mol. The van der Waals surface area contributed by atoms with Gasteiger partial charge in [-0.1, -0.05) is 48.0 Å². The normalized spacial score (nSPS) is 17.3. The molecule has 2 atom stereocenters. The third-order valence-corrected chi connectivity index (χ3v) is 4.92. The Morgan fingerprint density at radius 1 is 1.14 bits per heavy atom. The van der Waals surface area contributed by atoms with Crippen LogP contribution in [0.3, 0.4) is 0 Å². The molecule has 1 aliphatic rings. The van der Waals surface area contributed by atoms with E-state index in [2.05, 4.69) is 5.32 Å². The highest BCUT2D eigenvalue weighted by molar-refractivity contribution is 5.93. The summed E-state index contributed by atoms with van der Waals surface area (Å²) in [6.45, 7) is 3.83. The molecule has 146 valence electrons. The number of esters is 1. The van der Waals surface area contributed by atoms with E-state index in [4.69, 9.17) is 4.74 Å². The Labute approximate surface area is 164 Å². The van der Waals surface area contributed by atoms with Crippen molar-refractivity contribution < 1.29 is 19.1 Å². The van der Waals surface area contributed by atoms with Crippen LogP contribution in [0.4, 0.5) is 5.69 Å². The van der Waals surface area contributed by atoms with Gasteiger partial charge in [-0.2, -0.15) is 0 Å². The SMILES string of the molecule is Cc1ccc(NC(=O)COC(=O)[C@H]2CC(=O)N([C@H](C)c3ccccc3)C2)cc1. The van der Waals surface area contributed by atoms with Gasteiger partial charge >= 0.3 is 5.97 Å². The zero-order valence-corrected chi connectivity index (χ0v) is 16.1. The number of nitrogens with zero attached hydrogens (tertiary/aromatic N) is 1. The van der Waals surface area contributed by atoms with E-state index in [9.17, 15) is 14.4 Å². The highest BCUT2D eigenvalue weighted by atomic mass is 16.5. The van der Waals surface area contributed by atoms with Gasteiger partial charge < -0.3 is 15.0 Å². The molecule has 0 bridgehead atoms. The molecule has 1 aliphatic heterocycles. The number of carbonyl (C=O) groups excluding carboxylic acids is 3. The molecule has 1 heterocycles.